The lowest BCUT2D eigenvalue weighted by molar-refractivity contribution is 0.0971. The smallest absolute Gasteiger partial charge is 0.0645 e. The van der Waals surface area contributed by atoms with Crippen molar-refractivity contribution in [1.82, 2.24) is 9.88 Å². The molecule has 2 N–H and O–H groups in total. The second-order valence-electron chi connectivity index (χ2n) is 3.83. The minimum absolute atomic E-state index is 0.182. The summed E-state index contributed by atoms with van der Waals surface area (Å²) in [6.45, 7) is 8.07. The lowest BCUT2D eigenvalue weighted by atomic mass is 10.1. The summed E-state index contributed by atoms with van der Waals surface area (Å²) in [5, 5.41) is 0. The van der Waals surface area contributed by atoms with Crippen molar-refractivity contribution < 1.29 is 4.74 Å². The fraction of sp³-hybridized carbons (Fsp3) is 0.615. The molecule has 1 aromatic rings. The van der Waals surface area contributed by atoms with Gasteiger partial charge in [-0.2, -0.15) is 0 Å². The van der Waals surface area contributed by atoms with Crippen LogP contribution in [0.1, 0.15) is 25.6 Å². The zero-order chi connectivity index (χ0) is 12.5. The van der Waals surface area contributed by atoms with Crippen molar-refractivity contribution in [2.45, 2.75) is 19.9 Å². The number of pyridine rings is 1. The molecule has 1 unspecified atom stereocenters. The number of nitrogens with zero attached hydrogens (tertiary/aromatic N) is 2. The molecular formula is C13H23N3O. The van der Waals surface area contributed by atoms with Gasteiger partial charge >= 0.3 is 0 Å². The van der Waals surface area contributed by atoms with E-state index in [1.165, 1.54) is 0 Å². The van der Waals surface area contributed by atoms with Gasteiger partial charge in [0, 0.05) is 25.9 Å². The first-order chi connectivity index (χ1) is 8.33. The van der Waals surface area contributed by atoms with E-state index in [0.29, 0.717) is 6.54 Å². The molecule has 0 spiro atoms. The Morgan fingerprint density at radius 3 is 2.76 bits per heavy atom. The van der Waals surface area contributed by atoms with Crippen LogP contribution < -0.4 is 5.73 Å². The van der Waals surface area contributed by atoms with Gasteiger partial charge in [-0.15, -0.1) is 0 Å². The third-order valence-electron chi connectivity index (χ3n) is 2.83. The zero-order valence-corrected chi connectivity index (χ0v) is 10.8. The van der Waals surface area contributed by atoms with Crippen LogP contribution >= 0.6 is 0 Å². The molecule has 1 rings (SSSR count). The molecule has 1 heterocycles. The molecule has 0 aromatic carbocycles. The number of ether oxygens (including phenoxy) is 1. The summed E-state index contributed by atoms with van der Waals surface area (Å²) in [6.07, 6.45) is 1.81. The monoisotopic (exact) mass is 237 g/mol. The van der Waals surface area contributed by atoms with Gasteiger partial charge in [-0.3, -0.25) is 9.88 Å². The van der Waals surface area contributed by atoms with E-state index in [1.54, 1.807) is 0 Å². The molecule has 17 heavy (non-hydrogen) atoms. The Morgan fingerprint density at radius 2 is 2.24 bits per heavy atom. The summed E-state index contributed by atoms with van der Waals surface area (Å²) >= 11 is 0. The van der Waals surface area contributed by atoms with Gasteiger partial charge in [-0.1, -0.05) is 13.0 Å². The van der Waals surface area contributed by atoms with E-state index in [1.807, 2.05) is 31.3 Å². The minimum atomic E-state index is 0.182. The third-order valence-corrected chi connectivity index (χ3v) is 2.83. The second kappa shape index (κ2) is 8.17. The predicted molar refractivity (Wildman–Crippen MR) is 69.8 cm³/mol. The van der Waals surface area contributed by atoms with E-state index < -0.39 is 0 Å². The molecular weight excluding hydrogens is 214 g/mol. The van der Waals surface area contributed by atoms with Crippen LogP contribution in [-0.2, 0) is 4.74 Å². The van der Waals surface area contributed by atoms with E-state index in [2.05, 4.69) is 16.8 Å². The molecule has 0 amide bonds. The van der Waals surface area contributed by atoms with Gasteiger partial charge in [-0.05, 0) is 25.6 Å². The lowest BCUT2D eigenvalue weighted by Gasteiger charge is -2.29. The molecule has 0 aliphatic heterocycles. The second-order valence-corrected chi connectivity index (χ2v) is 3.83. The highest BCUT2D eigenvalue weighted by Gasteiger charge is 2.18. The van der Waals surface area contributed by atoms with Crippen LogP contribution in [-0.4, -0.2) is 42.7 Å². The summed E-state index contributed by atoms with van der Waals surface area (Å²) in [5.41, 5.74) is 6.90. The van der Waals surface area contributed by atoms with E-state index in [-0.39, 0.29) is 6.04 Å². The third kappa shape index (κ3) is 4.42. The molecule has 4 heteroatoms. The highest BCUT2D eigenvalue weighted by molar-refractivity contribution is 5.09. The van der Waals surface area contributed by atoms with E-state index in [9.17, 15) is 0 Å². The molecule has 96 valence electrons. The average Bonchev–Trinajstić information content (AvgIpc) is 2.39. The van der Waals surface area contributed by atoms with Gasteiger partial charge in [0.05, 0.1) is 18.3 Å². The molecule has 0 aliphatic rings. The van der Waals surface area contributed by atoms with Gasteiger partial charge in [0.2, 0.25) is 0 Å². The van der Waals surface area contributed by atoms with Crippen LogP contribution in [0, 0.1) is 0 Å². The highest BCUT2D eigenvalue weighted by atomic mass is 16.5. The molecule has 4 nitrogen and oxygen atoms in total. The Hall–Kier alpha value is -0.970. The first kappa shape index (κ1) is 14.1. The number of rotatable bonds is 8. The van der Waals surface area contributed by atoms with Gasteiger partial charge in [-0.25, -0.2) is 0 Å². The molecule has 0 radical (unpaired) electrons. The number of hydrogen-bond acceptors (Lipinski definition) is 4. The number of likely N-dealkylation sites (N-methyl/N-ethyl adjacent to an activating group) is 1. The van der Waals surface area contributed by atoms with Crippen molar-refractivity contribution >= 4 is 0 Å². The van der Waals surface area contributed by atoms with E-state index >= 15 is 0 Å². The van der Waals surface area contributed by atoms with Crippen LogP contribution in [0.2, 0.25) is 0 Å². The lowest BCUT2D eigenvalue weighted by Crippen LogP contribution is -2.36. The standard InChI is InChI=1S/C13H23N3O/c1-3-16(9-10-17-4-2)13(11-14)12-7-5-6-8-15-12/h5-8,13H,3-4,9-11,14H2,1-2H3. The Kier molecular flexibility index (Phi) is 6.77. The minimum Gasteiger partial charge on any atom is -0.380 e. The summed E-state index contributed by atoms with van der Waals surface area (Å²) in [6, 6.07) is 6.14. The molecule has 0 aliphatic carbocycles. The van der Waals surface area contributed by atoms with Gasteiger partial charge < -0.3 is 10.5 Å². The quantitative estimate of drug-likeness (QED) is 0.695. The van der Waals surface area contributed by atoms with Crippen LogP contribution in [0.25, 0.3) is 0 Å². The van der Waals surface area contributed by atoms with Crippen LogP contribution in [0.3, 0.4) is 0 Å². The first-order valence-electron chi connectivity index (χ1n) is 6.26. The fourth-order valence-corrected chi connectivity index (χ4v) is 1.89. The number of hydrogen-bond donors (Lipinski definition) is 1. The predicted octanol–water partition coefficient (Wildman–Crippen LogP) is 1.44. The van der Waals surface area contributed by atoms with Crippen molar-refractivity contribution in [2.24, 2.45) is 5.73 Å². The maximum atomic E-state index is 5.86. The molecule has 0 saturated heterocycles. The van der Waals surface area contributed by atoms with Crippen molar-refractivity contribution in [2.75, 3.05) is 32.8 Å². The summed E-state index contributed by atoms with van der Waals surface area (Å²) in [5.74, 6) is 0. The van der Waals surface area contributed by atoms with Gasteiger partial charge in [0.1, 0.15) is 0 Å². The van der Waals surface area contributed by atoms with Crippen LogP contribution in [0.4, 0.5) is 0 Å². The summed E-state index contributed by atoms with van der Waals surface area (Å²) < 4.78 is 5.39. The normalized spacial score (nSPS) is 12.9. The topological polar surface area (TPSA) is 51.4 Å². The molecule has 1 aromatic heterocycles. The Balaban J connectivity index is 2.63. The van der Waals surface area contributed by atoms with Gasteiger partial charge in [0.15, 0.2) is 0 Å². The number of nitrogens with two attached hydrogens (primary N) is 1. The largest absolute Gasteiger partial charge is 0.380 e. The maximum absolute atomic E-state index is 5.86. The van der Waals surface area contributed by atoms with E-state index in [0.717, 1.165) is 32.0 Å². The fourth-order valence-electron chi connectivity index (χ4n) is 1.89. The average molecular weight is 237 g/mol. The van der Waals surface area contributed by atoms with Gasteiger partial charge in [0.25, 0.3) is 0 Å². The Labute approximate surface area is 104 Å². The Morgan fingerprint density at radius 1 is 1.41 bits per heavy atom. The van der Waals surface area contributed by atoms with Crippen LogP contribution in [0.5, 0.6) is 0 Å². The van der Waals surface area contributed by atoms with Crippen molar-refractivity contribution in [3.05, 3.63) is 30.1 Å². The van der Waals surface area contributed by atoms with Crippen LogP contribution in [0.15, 0.2) is 24.4 Å². The van der Waals surface area contributed by atoms with Crippen molar-refractivity contribution in [3.8, 4) is 0 Å². The molecule has 1 atom stereocenters. The molecule has 0 saturated carbocycles. The summed E-state index contributed by atoms with van der Waals surface area (Å²) in [7, 11) is 0. The zero-order valence-electron chi connectivity index (χ0n) is 10.8. The first-order valence-corrected chi connectivity index (χ1v) is 6.26. The summed E-state index contributed by atoms with van der Waals surface area (Å²) in [4.78, 5) is 6.69. The SMILES string of the molecule is CCOCCN(CC)C(CN)c1ccccn1. The molecule has 0 fully saturated rings. The van der Waals surface area contributed by atoms with Crippen molar-refractivity contribution in [3.63, 3.8) is 0 Å². The van der Waals surface area contributed by atoms with E-state index in [4.69, 9.17) is 10.5 Å². The maximum Gasteiger partial charge on any atom is 0.0645 e. The Bertz CT molecular complexity index is 292. The number of aromatic nitrogens is 1. The molecule has 0 bridgehead atoms. The van der Waals surface area contributed by atoms with Crippen molar-refractivity contribution in [1.29, 1.82) is 0 Å². The highest BCUT2D eigenvalue weighted by Crippen LogP contribution is 2.16.